The minimum atomic E-state index is -0.500. The Morgan fingerprint density at radius 3 is 2.82 bits per heavy atom. The summed E-state index contributed by atoms with van der Waals surface area (Å²) in [6.07, 6.45) is 3.86. The maximum atomic E-state index is 13.0. The van der Waals surface area contributed by atoms with Gasteiger partial charge in [-0.2, -0.15) is 5.10 Å². The number of amides is 1. The van der Waals surface area contributed by atoms with Crippen LogP contribution in [0.2, 0.25) is 0 Å². The number of nitrogens with one attached hydrogen (secondary N) is 1. The highest BCUT2D eigenvalue weighted by atomic mass is 32.1. The van der Waals surface area contributed by atoms with Crippen molar-refractivity contribution in [1.29, 1.82) is 0 Å². The molecule has 1 fully saturated rings. The highest BCUT2D eigenvalue weighted by Crippen LogP contribution is 2.40. The predicted molar refractivity (Wildman–Crippen MR) is 106 cm³/mol. The van der Waals surface area contributed by atoms with E-state index in [2.05, 4.69) is 15.4 Å². The molecule has 8 nitrogen and oxygen atoms in total. The zero-order valence-electron chi connectivity index (χ0n) is 15.9. The largest absolute Gasteiger partial charge is 0.461 e. The van der Waals surface area contributed by atoms with Crippen LogP contribution in [0.15, 0.2) is 17.6 Å². The average molecular weight is 399 g/mol. The molecule has 146 valence electrons. The van der Waals surface area contributed by atoms with Gasteiger partial charge in [-0.3, -0.25) is 10.1 Å². The van der Waals surface area contributed by atoms with Gasteiger partial charge >= 0.3 is 5.97 Å². The third-order valence-corrected chi connectivity index (χ3v) is 5.28. The van der Waals surface area contributed by atoms with E-state index < -0.39 is 5.97 Å². The molecule has 0 unspecified atom stereocenters. The number of nitrogens with zero attached hydrogens (tertiary/aromatic N) is 4. The number of carbonyl (C=O) groups is 2. The molecule has 1 aliphatic rings. The van der Waals surface area contributed by atoms with Crippen LogP contribution in [0, 0.1) is 0 Å². The molecule has 28 heavy (non-hydrogen) atoms. The standard InChI is InChI=1S/C19H21N5O3S/c1-4-27-18(26)15-9-28-19(22-15)23-17(25)12-7-14(11-5-6-11)21-16-13(12)8-20-24(16)10(2)3/h7-11H,4-6H2,1-3H3,(H,22,23,25). The summed E-state index contributed by atoms with van der Waals surface area (Å²) in [6.45, 7) is 6.07. The van der Waals surface area contributed by atoms with Gasteiger partial charge in [0.25, 0.3) is 5.91 Å². The van der Waals surface area contributed by atoms with Gasteiger partial charge in [0.2, 0.25) is 0 Å². The molecule has 0 aliphatic heterocycles. The summed E-state index contributed by atoms with van der Waals surface area (Å²) in [7, 11) is 0. The summed E-state index contributed by atoms with van der Waals surface area (Å²) in [5, 5.41) is 9.83. The molecule has 1 saturated carbocycles. The lowest BCUT2D eigenvalue weighted by Gasteiger charge is -2.10. The molecule has 3 heterocycles. The summed E-state index contributed by atoms with van der Waals surface area (Å²) in [5.41, 5.74) is 2.35. The molecule has 0 aromatic carbocycles. The predicted octanol–water partition coefficient (Wildman–Crippen LogP) is 3.78. The first-order valence-electron chi connectivity index (χ1n) is 9.30. The zero-order valence-corrected chi connectivity index (χ0v) is 16.7. The number of carbonyl (C=O) groups excluding carboxylic acids is 2. The molecule has 3 aromatic rings. The number of anilines is 1. The summed E-state index contributed by atoms with van der Waals surface area (Å²) >= 11 is 1.18. The van der Waals surface area contributed by atoms with Crippen molar-refractivity contribution in [3.8, 4) is 0 Å². The molecule has 1 N–H and O–H groups in total. The lowest BCUT2D eigenvalue weighted by atomic mass is 10.1. The second-order valence-corrected chi connectivity index (χ2v) is 7.86. The maximum absolute atomic E-state index is 13.0. The molecule has 1 amide bonds. The molecule has 0 saturated heterocycles. The Morgan fingerprint density at radius 1 is 1.36 bits per heavy atom. The van der Waals surface area contributed by atoms with E-state index in [0.29, 0.717) is 22.0 Å². The molecule has 0 spiro atoms. The van der Waals surface area contributed by atoms with Gasteiger partial charge in [-0.15, -0.1) is 11.3 Å². The van der Waals surface area contributed by atoms with Crippen LogP contribution < -0.4 is 5.32 Å². The summed E-state index contributed by atoms with van der Waals surface area (Å²) in [4.78, 5) is 33.7. The van der Waals surface area contributed by atoms with Crippen LogP contribution in [0.3, 0.4) is 0 Å². The van der Waals surface area contributed by atoms with Gasteiger partial charge in [0.15, 0.2) is 16.5 Å². The second-order valence-electron chi connectivity index (χ2n) is 7.00. The number of aromatic nitrogens is 4. The van der Waals surface area contributed by atoms with Gasteiger partial charge in [0, 0.05) is 23.0 Å². The molecule has 3 aromatic heterocycles. The molecular formula is C19H21N5O3S. The molecular weight excluding hydrogens is 378 g/mol. The molecule has 0 atom stereocenters. The van der Waals surface area contributed by atoms with Crippen molar-refractivity contribution in [2.75, 3.05) is 11.9 Å². The Balaban J connectivity index is 1.66. The molecule has 0 bridgehead atoms. The second kappa shape index (κ2) is 7.31. The molecule has 1 aliphatic carbocycles. The molecule has 0 radical (unpaired) electrons. The first-order valence-corrected chi connectivity index (χ1v) is 10.2. The van der Waals surface area contributed by atoms with Crippen molar-refractivity contribution in [2.24, 2.45) is 0 Å². The fourth-order valence-electron chi connectivity index (χ4n) is 2.99. The number of ether oxygens (including phenoxy) is 1. The maximum Gasteiger partial charge on any atom is 0.357 e. The number of pyridine rings is 1. The van der Waals surface area contributed by atoms with Crippen molar-refractivity contribution >= 4 is 39.4 Å². The Kier molecular flexibility index (Phi) is 4.84. The summed E-state index contributed by atoms with van der Waals surface area (Å²) < 4.78 is 6.77. The van der Waals surface area contributed by atoms with Crippen LogP contribution in [0.4, 0.5) is 5.13 Å². The molecule has 4 rings (SSSR count). The first kappa shape index (κ1) is 18.5. The summed E-state index contributed by atoms with van der Waals surface area (Å²) in [5.74, 6) is -0.385. The number of hydrogen-bond acceptors (Lipinski definition) is 7. The van der Waals surface area contributed by atoms with Gasteiger partial charge in [-0.1, -0.05) is 0 Å². The van der Waals surface area contributed by atoms with E-state index in [9.17, 15) is 9.59 Å². The molecule has 9 heteroatoms. The smallest absolute Gasteiger partial charge is 0.357 e. The Labute approximate surface area is 165 Å². The van der Waals surface area contributed by atoms with Gasteiger partial charge in [-0.25, -0.2) is 19.4 Å². The normalized spacial score (nSPS) is 13.9. The quantitative estimate of drug-likeness (QED) is 0.634. The zero-order chi connectivity index (χ0) is 19.8. The van der Waals surface area contributed by atoms with E-state index in [0.717, 1.165) is 24.2 Å². The fourth-order valence-corrected chi connectivity index (χ4v) is 3.66. The first-order chi connectivity index (χ1) is 13.5. The topological polar surface area (TPSA) is 99.0 Å². The van der Waals surface area contributed by atoms with Crippen LogP contribution in [-0.4, -0.2) is 38.2 Å². The lowest BCUT2D eigenvalue weighted by molar-refractivity contribution is 0.0520. The van der Waals surface area contributed by atoms with E-state index in [1.54, 1.807) is 18.5 Å². The fraction of sp³-hybridized carbons (Fsp3) is 0.421. The van der Waals surface area contributed by atoms with E-state index in [1.165, 1.54) is 11.3 Å². The van der Waals surface area contributed by atoms with E-state index in [4.69, 9.17) is 9.72 Å². The minimum absolute atomic E-state index is 0.140. The number of esters is 1. The van der Waals surface area contributed by atoms with Crippen molar-refractivity contribution < 1.29 is 14.3 Å². The monoisotopic (exact) mass is 399 g/mol. The Bertz CT molecular complexity index is 1050. The Hall–Kier alpha value is -2.81. The van der Waals surface area contributed by atoms with Crippen LogP contribution in [0.5, 0.6) is 0 Å². The third-order valence-electron chi connectivity index (χ3n) is 4.53. The van der Waals surface area contributed by atoms with Gasteiger partial charge in [0.05, 0.1) is 23.8 Å². The van der Waals surface area contributed by atoms with Crippen molar-refractivity contribution in [3.05, 3.63) is 34.6 Å². The van der Waals surface area contributed by atoms with Crippen molar-refractivity contribution in [2.45, 2.75) is 45.6 Å². The van der Waals surface area contributed by atoms with E-state index in [1.807, 2.05) is 24.6 Å². The minimum Gasteiger partial charge on any atom is -0.461 e. The van der Waals surface area contributed by atoms with Gasteiger partial charge in [0.1, 0.15) is 0 Å². The number of rotatable bonds is 6. The number of hydrogen-bond donors (Lipinski definition) is 1. The lowest BCUT2D eigenvalue weighted by Crippen LogP contribution is -2.14. The summed E-state index contributed by atoms with van der Waals surface area (Å²) in [6, 6.07) is 1.99. The van der Waals surface area contributed by atoms with Gasteiger partial charge in [-0.05, 0) is 39.7 Å². The highest BCUT2D eigenvalue weighted by molar-refractivity contribution is 7.14. The van der Waals surface area contributed by atoms with E-state index in [-0.39, 0.29) is 24.2 Å². The third kappa shape index (κ3) is 3.49. The van der Waals surface area contributed by atoms with Crippen molar-refractivity contribution in [3.63, 3.8) is 0 Å². The van der Waals surface area contributed by atoms with E-state index >= 15 is 0 Å². The van der Waals surface area contributed by atoms with Crippen LogP contribution in [0.1, 0.15) is 72.1 Å². The van der Waals surface area contributed by atoms with Crippen LogP contribution in [0.25, 0.3) is 11.0 Å². The van der Waals surface area contributed by atoms with Crippen molar-refractivity contribution in [1.82, 2.24) is 19.7 Å². The average Bonchev–Trinajstić information content (AvgIpc) is 3.25. The number of fused-ring (bicyclic) bond motifs is 1. The Morgan fingerprint density at radius 2 is 2.14 bits per heavy atom. The van der Waals surface area contributed by atoms with Gasteiger partial charge < -0.3 is 4.74 Å². The highest BCUT2D eigenvalue weighted by Gasteiger charge is 2.28. The SMILES string of the molecule is CCOC(=O)c1csc(NC(=O)c2cc(C3CC3)nc3c2cnn3C(C)C)n1. The number of thiazole rings is 1. The van der Waals surface area contributed by atoms with Crippen LogP contribution in [-0.2, 0) is 4.74 Å². The van der Waals surface area contributed by atoms with Crippen LogP contribution >= 0.6 is 11.3 Å².